The molecular formula is C13H20N4O2. The van der Waals surface area contributed by atoms with E-state index in [1.165, 1.54) is 4.90 Å². The number of aromatic nitrogens is 2. The standard InChI is InChI=1S/C13H20N4O2/c1-5-7(2)17-11(18)6-10(13(17)19)14-12-8(3)15-16-9(12)4/h7,10,14H,5-6H2,1-4H3,(H,15,16). The molecule has 0 aliphatic carbocycles. The normalized spacial score (nSPS) is 21.1. The van der Waals surface area contributed by atoms with Crippen LogP contribution >= 0.6 is 0 Å². The third kappa shape index (κ3) is 2.34. The van der Waals surface area contributed by atoms with Gasteiger partial charge in [-0.2, -0.15) is 5.10 Å². The maximum atomic E-state index is 12.3. The molecule has 0 spiro atoms. The fraction of sp³-hybridized carbons (Fsp3) is 0.615. The average molecular weight is 264 g/mol. The van der Waals surface area contributed by atoms with Gasteiger partial charge in [-0.15, -0.1) is 0 Å². The predicted molar refractivity (Wildman–Crippen MR) is 71.7 cm³/mol. The van der Waals surface area contributed by atoms with E-state index in [-0.39, 0.29) is 24.3 Å². The Morgan fingerprint density at radius 3 is 2.68 bits per heavy atom. The third-order valence-corrected chi connectivity index (χ3v) is 3.66. The van der Waals surface area contributed by atoms with Gasteiger partial charge in [0, 0.05) is 6.04 Å². The van der Waals surface area contributed by atoms with Crippen LogP contribution in [0.1, 0.15) is 38.1 Å². The maximum absolute atomic E-state index is 12.3. The summed E-state index contributed by atoms with van der Waals surface area (Å²) in [5.74, 6) is -0.241. The lowest BCUT2D eigenvalue weighted by Crippen LogP contribution is -2.40. The highest BCUT2D eigenvalue weighted by Crippen LogP contribution is 2.24. The summed E-state index contributed by atoms with van der Waals surface area (Å²) in [4.78, 5) is 25.6. The number of carbonyl (C=O) groups is 2. The Hall–Kier alpha value is -1.85. The molecule has 2 N–H and O–H groups in total. The number of H-pyrrole nitrogens is 1. The van der Waals surface area contributed by atoms with Crippen LogP contribution in [0.3, 0.4) is 0 Å². The number of likely N-dealkylation sites (tertiary alicyclic amines) is 1. The van der Waals surface area contributed by atoms with E-state index in [9.17, 15) is 9.59 Å². The summed E-state index contributed by atoms with van der Waals surface area (Å²) >= 11 is 0. The molecule has 0 bridgehead atoms. The Kier molecular flexibility index (Phi) is 3.59. The van der Waals surface area contributed by atoms with Gasteiger partial charge >= 0.3 is 0 Å². The molecule has 2 heterocycles. The van der Waals surface area contributed by atoms with E-state index in [1.54, 1.807) is 0 Å². The predicted octanol–water partition coefficient (Wildman–Crippen LogP) is 1.36. The molecule has 0 radical (unpaired) electrons. The van der Waals surface area contributed by atoms with Crippen LogP contribution in [0, 0.1) is 13.8 Å². The van der Waals surface area contributed by atoms with Crippen molar-refractivity contribution >= 4 is 17.5 Å². The molecule has 1 aromatic rings. The van der Waals surface area contributed by atoms with E-state index in [4.69, 9.17) is 0 Å². The summed E-state index contributed by atoms with van der Waals surface area (Å²) in [6, 6.07) is -0.519. The van der Waals surface area contributed by atoms with Gasteiger partial charge in [-0.25, -0.2) is 0 Å². The second-order valence-corrected chi connectivity index (χ2v) is 5.07. The molecule has 2 unspecified atom stereocenters. The van der Waals surface area contributed by atoms with Crippen molar-refractivity contribution in [3.63, 3.8) is 0 Å². The molecule has 6 heteroatoms. The van der Waals surface area contributed by atoms with Gasteiger partial charge in [0.25, 0.3) is 5.91 Å². The van der Waals surface area contributed by atoms with Crippen LogP contribution in [0.15, 0.2) is 0 Å². The van der Waals surface area contributed by atoms with Gasteiger partial charge < -0.3 is 5.32 Å². The summed E-state index contributed by atoms with van der Waals surface area (Å²) in [6.45, 7) is 7.61. The lowest BCUT2D eigenvalue weighted by molar-refractivity contribution is -0.140. The maximum Gasteiger partial charge on any atom is 0.252 e. The minimum absolute atomic E-state index is 0.0432. The number of hydrogen-bond acceptors (Lipinski definition) is 4. The lowest BCUT2D eigenvalue weighted by atomic mass is 10.2. The number of hydrogen-bond donors (Lipinski definition) is 2. The van der Waals surface area contributed by atoms with Crippen LogP contribution in [0.2, 0.25) is 0 Å². The zero-order chi connectivity index (χ0) is 14.2. The summed E-state index contributed by atoms with van der Waals surface area (Å²) in [5, 5.41) is 10.1. The number of aryl methyl sites for hydroxylation is 2. The number of carbonyl (C=O) groups excluding carboxylic acids is 2. The smallest absolute Gasteiger partial charge is 0.252 e. The van der Waals surface area contributed by atoms with Gasteiger partial charge in [0.15, 0.2) is 0 Å². The topological polar surface area (TPSA) is 78.1 Å². The lowest BCUT2D eigenvalue weighted by Gasteiger charge is -2.21. The highest BCUT2D eigenvalue weighted by atomic mass is 16.2. The summed E-state index contributed by atoms with van der Waals surface area (Å²) in [5.41, 5.74) is 2.50. The molecule has 104 valence electrons. The summed E-state index contributed by atoms with van der Waals surface area (Å²) < 4.78 is 0. The molecule has 1 aliphatic heterocycles. The summed E-state index contributed by atoms with van der Waals surface area (Å²) in [7, 11) is 0. The molecule has 0 saturated carbocycles. The van der Waals surface area contributed by atoms with E-state index >= 15 is 0 Å². The van der Waals surface area contributed by atoms with Crippen LogP contribution in [-0.4, -0.2) is 39.0 Å². The SMILES string of the molecule is CCC(C)N1C(=O)CC(Nc2c(C)n[nH]c2C)C1=O. The molecular weight excluding hydrogens is 244 g/mol. The zero-order valence-corrected chi connectivity index (χ0v) is 11.8. The Morgan fingerprint density at radius 2 is 2.16 bits per heavy atom. The van der Waals surface area contributed by atoms with E-state index in [0.29, 0.717) is 0 Å². The number of anilines is 1. The quantitative estimate of drug-likeness (QED) is 0.805. The molecule has 1 fully saturated rings. The zero-order valence-electron chi connectivity index (χ0n) is 11.8. The Labute approximate surface area is 112 Å². The molecule has 2 atom stereocenters. The number of rotatable bonds is 4. The van der Waals surface area contributed by atoms with Crippen molar-refractivity contribution in [2.24, 2.45) is 0 Å². The van der Waals surface area contributed by atoms with Gasteiger partial charge in [-0.1, -0.05) is 6.92 Å². The molecule has 6 nitrogen and oxygen atoms in total. The van der Waals surface area contributed by atoms with Crippen molar-refractivity contribution in [3.8, 4) is 0 Å². The van der Waals surface area contributed by atoms with Crippen LogP contribution in [-0.2, 0) is 9.59 Å². The van der Waals surface area contributed by atoms with Gasteiger partial charge in [-0.3, -0.25) is 19.6 Å². The first-order chi connectivity index (χ1) is 8.95. The molecule has 1 saturated heterocycles. The first-order valence-electron chi connectivity index (χ1n) is 6.59. The van der Waals surface area contributed by atoms with Gasteiger partial charge in [0.05, 0.1) is 23.5 Å². The largest absolute Gasteiger partial charge is 0.370 e. The van der Waals surface area contributed by atoms with Crippen LogP contribution in [0.25, 0.3) is 0 Å². The summed E-state index contributed by atoms with van der Waals surface area (Å²) in [6.07, 6.45) is 0.987. The fourth-order valence-corrected chi connectivity index (χ4v) is 2.35. The van der Waals surface area contributed by atoms with Crippen molar-refractivity contribution in [2.45, 2.75) is 52.6 Å². The van der Waals surface area contributed by atoms with Gasteiger partial charge in [0.1, 0.15) is 6.04 Å². The Bertz CT molecular complexity index is 489. The minimum atomic E-state index is -0.475. The van der Waals surface area contributed by atoms with Gasteiger partial charge in [-0.05, 0) is 27.2 Å². The van der Waals surface area contributed by atoms with E-state index in [1.807, 2.05) is 27.7 Å². The Morgan fingerprint density at radius 1 is 1.47 bits per heavy atom. The van der Waals surface area contributed by atoms with Crippen LogP contribution < -0.4 is 5.32 Å². The van der Waals surface area contributed by atoms with Gasteiger partial charge in [0.2, 0.25) is 5.91 Å². The molecule has 19 heavy (non-hydrogen) atoms. The second-order valence-electron chi connectivity index (χ2n) is 5.07. The Balaban J connectivity index is 2.16. The van der Waals surface area contributed by atoms with Crippen molar-refractivity contribution in [1.29, 1.82) is 0 Å². The number of aromatic amines is 1. The third-order valence-electron chi connectivity index (χ3n) is 3.66. The average Bonchev–Trinajstić information content (AvgIpc) is 2.83. The minimum Gasteiger partial charge on any atom is -0.370 e. The number of amides is 2. The van der Waals surface area contributed by atoms with E-state index in [0.717, 1.165) is 23.5 Å². The molecule has 2 rings (SSSR count). The van der Waals surface area contributed by atoms with E-state index in [2.05, 4.69) is 15.5 Å². The first-order valence-corrected chi connectivity index (χ1v) is 6.59. The van der Waals surface area contributed by atoms with Crippen molar-refractivity contribution < 1.29 is 9.59 Å². The van der Waals surface area contributed by atoms with Crippen LogP contribution in [0.4, 0.5) is 5.69 Å². The number of imide groups is 1. The number of nitrogens with one attached hydrogen (secondary N) is 2. The highest BCUT2D eigenvalue weighted by molar-refractivity contribution is 6.07. The molecule has 2 amide bonds. The van der Waals surface area contributed by atoms with E-state index < -0.39 is 6.04 Å². The molecule has 1 aliphatic rings. The fourth-order valence-electron chi connectivity index (χ4n) is 2.35. The van der Waals surface area contributed by atoms with Crippen molar-refractivity contribution in [3.05, 3.63) is 11.4 Å². The van der Waals surface area contributed by atoms with Crippen molar-refractivity contribution in [1.82, 2.24) is 15.1 Å². The van der Waals surface area contributed by atoms with Crippen molar-refractivity contribution in [2.75, 3.05) is 5.32 Å². The first kappa shape index (κ1) is 13.6. The highest BCUT2D eigenvalue weighted by Gasteiger charge is 2.40. The molecule has 0 aromatic carbocycles. The number of nitrogens with zero attached hydrogens (tertiary/aromatic N) is 2. The second kappa shape index (κ2) is 5.03. The molecule has 1 aromatic heterocycles. The van der Waals surface area contributed by atoms with Crippen LogP contribution in [0.5, 0.6) is 0 Å². The monoisotopic (exact) mass is 264 g/mol.